The number of fused-ring (bicyclic) bond motifs is 2. The van der Waals surface area contributed by atoms with Crippen LogP contribution in [0.15, 0.2) is 30.4 Å². The number of rotatable bonds is 4. The van der Waals surface area contributed by atoms with E-state index in [0.717, 1.165) is 5.56 Å². The molecule has 2 N–H and O–H groups in total. The monoisotopic (exact) mass is 342 g/mol. The lowest BCUT2D eigenvalue weighted by atomic mass is 9.82. The Hall–Kier alpha value is -2.63. The summed E-state index contributed by atoms with van der Waals surface area (Å²) in [5.41, 5.74) is 1.85. The molecule has 0 heterocycles. The van der Waals surface area contributed by atoms with E-state index >= 15 is 0 Å². The van der Waals surface area contributed by atoms with Crippen molar-refractivity contribution in [3.8, 4) is 0 Å². The van der Waals surface area contributed by atoms with Crippen molar-refractivity contribution in [3.63, 3.8) is 0 Å². The number of carbonyl (C=O) groups excluding carboxylic acids is 2. The molecule has 0 radical (unpaired) electrons. The molecule has 2 amide bonds. The molecule has 2 aliphatic carbocycles. The highest BCUT2D eigenvalue weighted by atomic mass is 16.4. The summed E-state index contributed by atoms with van der Waals surface area (Å²) >= 11 is 0. The van der Waals surface area contributed by atoms with E-state index in [1.165, 1.54) is 4.90 Å². The molecule has 1 fully saturated rings. The quantitative estimate of drug-likeness (QED) is 0.821. The van der Waals surface area contributed by atoms with E-state index in [0.29, 0.717) is 17.7 Å². The minimum atomic E-state index is -0.926. The molecule has 4 atom stereocenters. The predicted octanol–water partition coefficient (Wildman–Crippen LogP) is 2.16. The molecule has 6 heteroatoms. The van der Waals surface area contributed by atoms with Gasteiger partial charge in [0, 0.05) is 25.3 Å². The first kappa shape index (κ1) is 17.2. The first-order valence-corrected chi connectivity index (χ1v) is 8.34. The third-order valence-electron chi connectivity index (χ3n) is 5.19. The van der Waals surface area contributed by atoms with Crippen LogP contribution in [0.3, 0.4) is 0 Å². The topological polar surface area (TPSA) is 86.7 Å². The van der Waals surface area contributed by atoms with E-state index in [9.17, 15) is 19.5 Å². The van der Waals surface area contributed by atoms with Gasteiger partial charge in [0.25, 0.3) is 5.91 Å². The largest absolute Gasteiger partial charge is 0.481 e. The second kappa shape index (κ2) is 6.35. The SMILES string of the molecule is Cc1ccc(NC(=O)C2C3C=CC(C3)C2C(=O)O)cc1C(=O)N(C)C. The number of anilines is 1. The molecule has 0 aromatic heterocycles. The Labute approximate surface area is 146 Å². The zero-order chi connectivity index (χ0) is 18.3. The van der Waals surface area contributed by atoms with Crippen LogP contribution in [-0.2, 0) is 9.59 Å². The van der Waals surface area contributed by atoms with Gasteiger partial charge in [0.1, 0.15) is 0 Å². The van der Waals surface area contributed by atoms with Crippen LogP contribution >= 0.6 is 0 Å². The first-order valence-electron chi connectivity index (χ1n) is 8.34. The number of carboxylic acids is 1. The van der Waals surface area contributed by atoms with Crippen LogP contribution in [0.25, 0.3) is 0 Å². The Morgan fingerprint density at radius 3 is 2.36 bits per heavy atom. The number of benzene rings is 1. The molecule has 25 heavy (non-hydrogen) atoms. The van der Waals surface area contributed by atoms with E-state index in [1.807, 2.05) is 19.1 Å². The molecule has 3 rings (SSSR count). The summed E-state index contributed by atoms with van der Waals surface area (Å²) in [6.07, 6.45) is 4.57. The molecule has 1 aromatic rings. The highest BCUT2D eigenvalue weighted by molar-refractivity contribution is 5.99. The second-order valence-electron chi connectivity index (χ2n) is 7.06. The van der Waals surface area contributed by atoms with Crippen LogP contribution in [0.5, 0.6) is 0 Å². The second-order valence-corrected chi connectivity index (χ2v) is 7.06. The molecule has 4 unspecified atom stereocenters. The van der Waals surface area contributed by atoms with Gasteiger partial charge >= 0.3 is 5.97 Å². The van der Waals surface area contributed by atoms with Crippen molar-refractivity contribution >= 4 is 23.5 Å². The minimum Gasteiger partial charge on any atom is -0.481 e. The summed E-state index contributed by atoms with van der Waals surface area (Å²) in [5.74, 6) is -2.70. The van der Waals surface area contributed by atoms with Crippen molar-refractivity contribution in [3.05, 3.63) is 41.5 Å². The Bertz CT molecular complexity index is 769. The summed E-state index contributed by atoms with van der Waals surface area (Å²) in [7, 11) is 3.35. The minimum absolute atomic E-state index is 0.0283. The van der Waals surface area contributed by atoms with Crippen LogP contribution in [0.4, 0.5) is 5.69 Å². The summed E-state index contributed by atoms with van der Waals surface area (Å²) in [6, 6.07) is 5.16. The molecule has 0 saturated heterocycles. The smallest absolute Gasteiger partial charge is 0.307 e. The van der Waals surface area contributed by atoms with Gasteiger partial charge < -0.3 is 15.3 Å². The van der Waals surface area contributed by atoms with Crippen molar-refractivity contribution in [2.24, 2.45) is 23.7 Å². The zero-order valence-corrected chi connectivity index (χ0v) is 14.5. The van der Waals surface area contributed by atoms with Crippen molar-refractivity contribution in [2.75, 3.05) is 19.4 Å². The molecule has 0 aliphatic heterocycles. The first-order chi connectivity index (χ1) is 11.8. The molecule has 1 saturated carbocycles. The number of amides is 2. The fraction of sp³-hybridized carbons (Fsp3) is 0.421. The van der Waals surface area contributed by atoms with Crippen LogP contribution in [-0.4, -0.2) is 41.9 Å². The molecular formula is C19H22N2O4. The number of allylic oxidation sites excluding steroid dienone is 2. The van der Waals surface area contributed by atoms with Gasteiger partial charge in [-0.2, -0.15) is 0 Å². The van der Waals surface area contributed by atoms with E-state index in [4.69, 9.17) is 0 Å². The average Bonchev–Trinajstić information content (AvgIpc) is 3.16. The molecular weight excluding hydrogens is 320 g/mol. The van der Waals surface area contributed by atoms with Gasteiger partial charge in [-0.1, -0.05) is 18.2 Å². The molecule has 1 aromatic carbocycles. The zero-order valence-electron chi connectivity index (χ0n) is 14.5. The van der Waals surface area contributed by atoms with E-state index in [1.54, 1.807) is 32.3 Å². The average molecular weight is 342 g/mol. The Morgan fingerprint density at radius 2 is 1.76 bits per heavy atom. The lowest BCUT2D eigenvalue weighted by molar-refractivity contribution is -0.146. The summed E-state index contributed by atoms with van der Waals surface area (Å²) in [6.45, 7) is 1.84. The Morgan fingerprint density at radius 1 is 1.12 bits per heavy atom. The lowest BCUT2D eigenvalue weighted by Gasteiger charge is -2.24. The van der Waals surface area contributed by atoms with Gasteiger partial charge in [-0.15, -0.1) is 0 Å². The Balaban J connectivity index is 1.82. The maximum atomic E-state index is 12.7. The van der Waals surface area contributed by atoms with Crippen molar-refractivity contribution < 1.29 is 19.5 Å². The fourth-order valence-corrected chi connectivity index (χ4v) is 3.91. The normalized spacial score (nSPS) is 26.5. The van der Waals surface area contributed by atoms with Crippen LogP contribution in [0, 0.1) is 30.6 Å². The van der Waals surface area contributed by atoms with Crippen LogP contribution in [0.2, 0.25) is 0 Å². The highest BCUT2D eigenvalue weighted by Crippen LogP contribution is 2.48. The summed E-state index contributed by atoms with van der Waals surface area (Å²) in [5, 5.41) is 12.3. The predicted molar refractivity (Wildman–Crippen MR) is 93.2 cm³/mol. The number of nitrogens with one attached hydrogen (secondary N) is 1. The molecule has 0 spiro atoms. The van der Waals surface area contributed by atoms with Crippen LogP contribution < -0.4 is 5.32 Å². The number of hydrogen-bond donors (Lipinski definition) is 2. The van der Waals surface area contributed by atoms with Crippen molar-refractivity contribution in [1.82, 2.24) is 4.90 Å². The van der Waals surface area contributed by atoms with E-state index in [2.05, 4.69) is 5.32 Å². The van der Waals surface area contributed by atoms with Crippen LogP contribution in [0.1, 0.15) is 22.3 Å². The fourth-order valence-electron chi connectivity index (χ4n) is 3.91. The van der Waals surface area contributed by atoms with E-state index in [-0.39, 0.29) is 23.7 Å². The standard InChI is InChI=1S/C19H22N2O4/c1-10-4-7-13(9-14(10)18(23)21(2)3)20-17(22)15-11-5-6-12(8-11)16(15)19(24)25/h4-7,9,11-12,15-16H,8H2,1-3H3,(H,20,22)(H,24,25). The third-order valence-corrected chi connectivity index (χ3v) is 5.19. The van der Waals surface area contributed by atoms with Gasteiger partial charge in [0.05, 0.1) is 11.8 Å². The number of aryl methyl sites for hydroxylation is 1. The van der Waals surface area contributed by atoms with Gasteiger partial charge in [0.15, 0.2) is 0 Å². The number of carboxylic acid groups (broad SMARTS) is 1. The number of carbonyl (C=O) groups is 3. The van der Waals surface area contributed by atoms with Gasteiger partial charge in [-0.05, 0) is 42.9 Å². The van der Waals surface area contributed by atoms with Crippen molar-refractivity contribution in [2.45, 2.75) is 13.3 Å². The number of aliphatic carboxylic acids is 1. The van der Waals surface area contributed by atoms with Crippen molar-refractivity contribution in [1.29, 1.82) is 0 Å². The summed E-state index contributed by atoms with van der Waals surface area (Å²) in [4.78, 5) is 38.0. The molecule has 2 bridgehead atoms. The lowest BCUT2D eigenvalue weighted by Crippen LogP contribution is -2.36. The molecule has 2 aliphatic rings. The molecule has 132 valence electrons. The van der Waals surface area contributed by atoms with Gasteiger partial charge in [-0.25, -0.2) is 0 Å². The van der Waals surface area contributed by atoms with E-state index < -0.39 is 17.8 Å². The Kier molecular flexibility index (Phi) is 4.37. The maximum absolute atomic E-state index is 12.7. The number of hydrogen-bond acceptors (Lipinski definition) is 3. The third kappa shape index (κ3) is 3.04. The molecule has 6 nitrogen and oxygen atoms in total. The number of nitrogens with zero attached hydrogens (tertiary/aromatic N) is 1. The summed E-state index contributed by atoms with van der Waals surface area (Å²) < 4.78 is 0. The van der Waals surface area contributed by atoms with Gasteiger partial charge in [-0.3, -0.25) is 14.4 Å². The highest BCUT2D eigenvalue weighted by Gasteiger charge is 2.51. The maximum Gasteiger partial charge on any atom is 0.307 e. The van der Waals surface area contributed by atoms with Gasteiger partial charge in [0.2, 0.25) is 5.91 Å².